The minimum absolute atomic E-state index is 0.0853. The molecule has 0 unspecified atom stereocenters. The van der Waals surface area contributed by atoms with Crippen LogP contribution in [0, 0.1) is 5.82 Å². The zero-order valence-electron chi connectivity index (χ0n) is 12.7. The van der Waals surface area contributed by atoms with Gasteiger partial charge < -0.3 is 4.74 Å². The Hall–Kier alpha value is -0.540. The van der Waals surface area contributed by atoms with E-state index in [1.54, 1.807) is 16.4 Å². The number of hydrogen-bond donors (Lipinski definition) is 0. The Labute approximate surface area is 144 Å². The molecule has 2 aliphatic rings. The maximum atomic E-state index is 13.1. The molecular formula is C15H20BrFN2O3S. The fourth-order valence-electron chi connectivity index (χ4n) is 3.21. The second-order valence-electron chi connectivity index (χ2n) is 5.88. The second kappa shape index (κ2) is 7.14. The summed E-state index contributed by atoms with van der Waals surface area (Å²) in [5, 5.41) is 0.592. The molecule has 2 aliphatic heterocycles. The Morgan fingerprint density at radius 2 is 1.87 bits per heavy atom. The van der Waals surface area contributed by atoms with Gasteiger partial charge in [0, 0.05) is 31.0 Å². The van der Waals surface area contributed by atoms with Crippen molar-refractivity contribution in [3.63, 3.8) is 0 Å². The quantitative estimate of drug-likeness (QED) is 0.718. The maximum Gasteiger partial charge on any atom is 0.282 e. The van der Waals surface area contributed by atoms with Crippen LogP contribution in [-0.2, 0) is 14.9 Å². The molecule has 2 fully saturated rings. The van der Waals surface area contributed by atoms with E-state index in [2.05, 4.69) is 15.9 Å². The summed E-state index contributed by atoms with van der Waals surface area (Å²) in [4.78, 5) is 0. The fraction of sp³-hybridized carbons (Fsp3) is 0.600. The third-order valence-corrected chi connectivity index (χ3v) is 7.28. The van der Waals surface area contributed by atoms with Crippen LogP contribution in [-0.4, -0.2) is 61.2 Å². The number of hydrogen-bond acceptors (Lipinski definition) is 3. The molecule has 1 aromatic rings. The van der Waals surface area contributed by atoms with Crippen molar-refractivity contribution in [2.75, 3.05) is 38.2 Å². The molecule has 0 radical (unpaired) electrons. The summed E-state index contributed by atoms with van der Waals surface area (Å²) in [6, 6.07) is 6.26. The van der Waals surface area contributed by atoms with E-state index in [1.807, 2.05) is 0 Å². The van der Waals surface area contributed by atoms with Gasteiger partial charge in [0.2, 0.25) is 0 Å². The molecule has 3 rings (SSSR count). The monoisotopic (exact) mass is 406 g/mol. The maximum absolute atomic E-state index is 13.1. The summed E-state index contributed by atoms with van der Waals surface area (Å²) in [5.74, 6) is -0.185. The molecule has 0 N–H and O–H groups in total. The zero-order chi connectivity index (χ0) is 16.4. The summed E-state index contributed by atoms with van der Waals surface area (Å²) >= 11 is 3.44. The molecule has 0 aliphatic carbocycles. The molecule has 1 aromatic carbocycles. The molecule has 2 atom stereocenters. The molecule has 0 bridgehead atoms. The minimum atomic E-state index is -3.49. The summed E-state index contributed by atoms with van der Waals surface area (Å²) < 4.78 is 47.2. The van der Waals surface area contributed by atoms with E-state index in [9.17, 15) is 12.8 Å². The summed E-state index contributed by atoms with van der Waals surface area (Å²) in [5.41, 5.74) is 0.983. The van der Waals surface area contributed by atoms with Crippen molar-refractivity contribution < 1.29 is 17.5 Å². The van der Waals surface area contributed by atoms with Crippen LogP contribution in [0.1, 0.15) is 17.9 Å². The van der Waals surface area contributed by atoms with Crippen molar-refractivity contribution in [1.29, 1.82) is 0 Å². The smallest absolute Gasteiger partial charge is 0.282 e. The van der Waals surface area contributed by atoms with Gasteiger partial charge in [-0.05, 0) is 30.0 Å². The van der Waals surface area contributed by atoms with E-state index in [4.69, 9.17) is 4.74 Å². The van der Waals surface area contributed by atoms with Crippen molar-refractivity contribution in [1.82, 2.24) is 8.61 Å². The lowest BCUT2D eigenvalue weighted by atomic mass is 9.97. The van der Waals surface area contributed by atoms with Gasteiger partial charge in [0.05, 0.1) is 13.2 Å². The van der Waals surface area contributed by atoms with Crippen LogP contribution in [0.15, 0.2) is 24.3 Å². The molecule has 0 spiro atoms. The van der Waals surface area contributed by atoms with Gasteiger partial charge in [0.25, 0.3) is 10.2 Å². The third kappa shape index (κ3) is 3.61. The van der Waals surface area contributed by atoms with E-state index < -0.39 is 10.2 Å². The van der Waals surface area contributed by atoms with Gasteiger partial charge in [-0.3, -0.25) is 0 Å². The van der Waals surface area contributed by atoms with Gasteiger partial charge in [-0.1, -0.05) is 28.1 Å². The van der Waals surface area contributed by atoms with Crippen LogP contribution in [0.3, 0.4) is 0 Å². The first-order valence-corrected chi connectivity index (χ1v) is 10.2. The molecule has 8 heteroatoms. The van der Waals surface area contributed by atoms with E-state index in [0.717, 1.165) is 12.0 Å². The lowest BCUT2D eigenvalue weighted by molar-refractivity contribution is 0.0700. The molecule has 0 aromatic heterocycles. The average Bonchev–Trinajstić information content (AvgIpc) is 3.01. The van der Waals surface area contributed by atoms with Gasteiger partial charge >= 0.3 is 0 Å². The Morgan fingerprint density at radius 3 is 2.48 bits per heavy atom. The third-order valence-electron chi connectivity index (χ3n) is 4.48. The summed E-state index contributed by atoms with van der Waals surface area (Å²) in [6.07, 6.45) is 0.737. The van der Waals surface area contributed by atoms with Crippen LogP contribution in [0.25, 0.3) is 0 Å². The first-order valence-electron chi connectivity index (χ1n) is 7.68. The topological polar surface area (TPSA) is 49.9 Å². The van der Waals surface area contributed by atoms with Crippen molar-refractivity contribution in [3.8, 4) is 0 Å². The van der Waals surface area contributed by atoms with Crippen molar-refractivity contribution >= 4 is 26.1 Å². The predicted molar refractivity (Wildman–Crippen MR) is 89.4 cm³/mol. The van der Waals surface area contributed by atoms with E-state index in [-0.39, 0.29) is 17.8 Å². The van der Waals surface area contributed by atoms with Crippen LogP contribution < -0.4 is 0 Å². The normalized spacial score (nSPS) is 27.4. The minimum Gasteiger partial charge on any atom is -0.379 e. The van der Waals surface area contributed by atoms with Crippen molar-refractivity contribution in [2.45, 2.75) is 18.4 Å². The number of nitrogens with zero attached hydrogens (tertiary/aromatic N) is 2. The molecular weight excluding hydrogens is 387 g/mol. The summed E-state index contributed by atoms with van der Waals surface area (Å²) in [7, 11) is -3.49. The number of rotatable bonds is 4. The lowest BCUT2D eigenvalue weighted by Crippen LogP contribution is -2.50. The second-order valence-corrected chi connectivity index (χ2v) is 8.41. The number of halogens is 2. The van der Waals surface area contributed by atoms with Crippen LogP contribution >= 0.6 is 15.9 Å². The van der Waals surface area contributed by atoms with Gasteiger partial charge in [-0.2, -0.15) is 17.0 Å². The molecule has 0 saturated carbocycles. The van der Waals surface area contributed by atoms with Crippen LogP contribution in [0.2, 0.25) is 0 Å². The molecule has 2 heterocycles. The lowest BCUT2D eigenvalue weighted by Gasteiger charge is -2.32. The van der Waals surface area contributed by atoms with E-state index >= 15 is 0 Å². The fourth-order valence-corrected chi connectivity index (χ4v) is 5.83. The van der Waals surface area contributed by atoms with Crippen molar-refractivity contribution in [3.05, 3.63) is 35.6 Å². The highest BCUT2D eigenvalue weighted by atomic mass is 79.9. The summed E-state index contributed by atoms with van der Waals surface area (Å²) in [6.45, 7) is 2.10. The highest BCUT2D eigenvalue weighted by Crippen LogP contribution is 2.35. The van der Waals surface area contributed by atoms with E-state index in [0.29, 0.717) is 38.2 Å². The molecule has 5 nitrogen and oxygen atoms in total. The molecule has 0 amide bonds. The zero-order valence-corrected chi connectivity index (χ0v) is 15.1. The first kappa shape index (κ1) is 17.3. The Kier molecular flexibility index (Phi) is 5.37. The Balaban J connectivity index is 1.80. The number of alkyl halides is 1. The van der Waals surface area contributed by atoms with Gasteiger partial charge in [0.15, 0.2) is 0 Å². The highest BCUT2D eigenvalue weighted by Gasteiger charge is 2.42. The van der Waals surface area contributed by atoms with Crippen LogP contribution in [0.4, 0.5) is 4.39 Å². The Morgan fingerprint density at radius 1 is 1.22 bits per heavy atom. The predicted octanol–water partition coefficient (Wildman–Crippen LogP) is 1.96. The van der Waals surface area contributed by atoms with E-state index in [1.165, 1.54) is 16.4 Å². The van der Waals surface area contributed by atoms with Gasteiger partial charge in [0.1, 0.15) is 5.82 Å². The Bertz CT molecular complexity index is 635. The van der Waals surface area contributed by atoms with Gasteiger partial charge in [-0.15, -0.1) is 0 Å². The average molecular weight is 407 g/mol. The first-order chi connectivity index (χ1) is 11.0. The number of ether oxygens (including phenoxy) is 1. The molecule has 2 saturated heterocycles. The van der Waals surface area contributed by atoms with Crippen molar-refractivity contribution in [2.24, 2.45) is 0 Å². The van der Waals surface area contributed by atoms with Gasteiger partial charge in [-0.25, -0.2) is 4.39 Å². The molecule has 128 valence electrons. The standard InChI is InChI=1S/C15H20BrFN2O3S/c16-10-15-9-13(12-1-3-14(17)4-2-12)11-19(15)23(20,21)18-5-7-22-8-6-18/h1-4,13,15H,5-11H2/t13-,15-/m1/s1. The highest BCUT2D eigenvalue weighted by molar-refractivity contribution is 9.09. The SMILES string of the molecule is O=S(=O)(N1CCOCC1)N1C[C@H](c2ccc(F)cc2)C[C@@H]1CBr. The number of morpholine rings is 1. The largest absolute Gasteiger partial charge is 0.379 e. The molecule has 23 heavy (non-hydrogen) atoms. The van der Waals surface area contributed by atoms with Crippen LogP contribution in [0.5, 0.6) is 0 Å². The number of benzene rings is 1.